The summed E-state index contributed by atoms with van der Waals surface area (Å²) in [6, 6.07) is 9.48. The van der Waals surface area contributed by atoms with E-state index in [4.69, 9.17) is 5.73 Å². The van der Waals surface area contributed by atoms with E-state index in [-0.39, 0.29) is 17.6 Å². The second-order valence-electron chi connectivity index (χ2n) is 10.8. The molecule has 6 heteroatoms. The number of unbranched alkanes of at least 4 members (excludes halogenated alkanes) is 15. The Kier molecular flexibility index (Phi) is 15.8. The number of nitrogens with one attached hydrogen (secondary N) is 2. The SMILES string of the molecule is CCCCCCCCCCCCCCCCCCNC(=O)c1ccc(C(=O)Nc2ccc(O)cc2)c(C)c1N. The first-order valence-electron chi connectivity index (χ1n) is 15.2. The summed E-state index contributed by atoms with van der Waals surface area (Å²) in [5.74, 6) is -0.393. The molecule has 0 aromatic heterocycles. The smallest absolute Gasteiger partial charge is 0.256 e. The monoisotopic (exact) mass is 537 g/mol. The zero-order valence-electron chi connectivity index (χ0n) is 24.3. The lowest BCUT2D eigenvalue weighted by Crippen LogP contribution is -2.26. The molecule has 39 heavy (non-hydrogen) atoms. The van der Waals surface area contributed by atoms with Crippen LogP contribution in [0.15, 0.2) is 36.4 Å². The molecular formula is C33H51N3O3. The molecule has 216 valence electrons. The third-order valence-corrected chi connectivity index (χ3v) is 7.45. The van der Waals surface area contributed by atoms with E-state index in [9.17, 15) is 14.7 Å². The molecule has 0 atom stereocenters. The lowest BCUT2D eigenvalue weighted by molar-refractivity contribution is 0.0951. The lowest BCUT2D eigenvalue weighted by atomic mass is 10.0. The number of carbonyl (C=O) groups excluding carboxylic acids is 2. The minimum absolute atomic E-state index is 0.128. The van der Waals surface area contributed by atoms with Gasteiger partial charge in [0.05, 0.1) is 5.56 Å². The highest BCUT2D eigenvalue weighted by Gasteiger charge is 2.17. The van der Waals surface area contributed by atoms with Gasteiger partial charge in [0.1, 0.15) is 5.75 Å². The lowest BCUT2D eigenvalue weighted by Gasteiger charge is -2.13. The van der Waals surface area contributed by atoms with Crippen LogP contribution in [-0.2, 0) is 0 Å². The molecule has 0 fully saturated rings. The average Bonchev–Trinajstić information content (AvgIpc) is 2.93. The summed E-state index contributed by atoms with van der Waals surface area (Å²) in [6.45, 7) is 4.64. The predicted octanol–water partition coefficient (Wildman–Crippen LogP) is 8.53. The Balaban J connectivity index is 1.55. The second-order valence-corrected chi connectivity index (χ2v) is 10.8. The minimum Gasteiger partial charge on any atom is -0.508 e. The van der Waals surface area contributed by atoms with Gasteiger partial charge in [-0.15, -0.1) is 0 Å². The van der Waals surface area contributed by atoms with Crippen LogP contribution in [0.1, 0.15) is 136 Å². The summed E-state index contributed by atoms with van der Waals surface area (Å²) in [5.41, 5.74) is 8.49. The molecule has 0 saturated carbocycles. The molecule has 2 aromatic carbocycles. The Morgan fingerprint density at radius 3 is 1.64 bits per heavy atom. The number of anilines is 2. The van der Waals surface area contributed by atoms with Crippen LogP contribution in [0, 0.1) is 6.92 Å². The average molecular weight is 538 g/mol. The van der Waals surface area contributed by atoms with Crippen molar-refractivity contribution < 1.29 is 14.7 Å². The van der Waals surface area contributed by atoms with Crippen LogP contribution in [0.3, 0.4) is 0 Å². The van der Waals surface area contributed by atoms with Gasteiger partial charge in [0.15, 0.2) is 0 Å². The summed E-state index contributed by atoms with van der Waals surface area (Å²) < 4.78 is 0. The van der Waals surface area contributed by atoms with Crippen LogP contribution in [-0.4, -0.2) is 23.5 Å². The Morgan fingerprint density at radius 2 is 1.13 bits per heavy atom. The number of aromatic hydroxyl groups is 1. The van der Waals surface area contributed by atoms with E-state index in [1.807, 2.05) is 0 Å². The molecule has 0 aliphatic rings. The number of phenols is 1. The topological polar surface area (TPSA) is 104 Å². The first-order valence-corrected chi connectivity index (χ1v) is 15.2. The Hall–Kier alpha value is -3.02. The van der Waals surface area contributed by atoms with Gasteiger partial charge in [-0.25, -0.2) is 0 Å². The fourth-order valence-corrected chi connectivity index (χ4v) is 4.89. The summed E-state index contributed by atoms with van der Waals surface area (Å²) in [6.07, 6.45) is 21.1. The van der Waals surface area contributed by atoms with E-state index in [2.05, 4.69) is 17.6 Å². The van der Waals surface area contributed by atoms with Crippen molar-refractivity contribution in [2.75, 3.05) is 17.6 Å². The van der Waals surface area contributed by atoms with Crippen LogP contribution in [0.4, 0.5) is 11.4 Å². The molecule has 2 rings (SSSR count). The molecule has 5 N–H and O–H groups in total. The third-order valence-electron chi connectivity index (χ3n) is 7.45. The van der Waals surface area contributed by atoms with Crippen LogP contribution < -0.4 is 16.4 Å². The Bertz CT molecular complexity index is 988. The molecule has 0 aliphatic carbocycles. The van der Waals surface area contributed by atoms with Gasteiger partial charge >= 0.3 is 0 Å². The molecule has 0 saturated heterocycles. The zero-order valence-corrected chi connectivity index (χ0v) is 24.3. The highest BCUT2D eigenvalue weighted by Crippen LogP contribution is 2.23. The largest absolute Gasteiger partial charge is 0.508 e. The maximum absolute atomic E-state index is 12.7. The number of hydrogen-bond acceptors (Lipinski definition) is 4. The zero-order chi connectivity index (χ0) is 28.3. The third kappa shape index (κ3) is 12.6. The molecule has 0 heterocycles. The first kappa shape index (κ1) is 32.2. The minimum atomic E-state index is -0.315. The molecule has 6 nitrogen and oxygen atoms in total. The predicted molar refractivity (Wildman–Crippen MR) is 164 cm³/mol. The molecule has 0 aliphatic heterocycles. The van der Waals surface area contributed by atoms with Crippen LogP contribution in [0.2, 0.25) is 0 Å². The van der Waals surface area contributed by atoms with Crippen molar-refractivity contribution in [2.45, 2.75) is 117 Å². The maximum Gasteiger partial charge on any atom is 0.256 e. The summed E-state index contributed by atoms with van der Waals surface area (Å²) in [7, 11) is 0. The van der Waals surface area contributed by atoms with E-state index >= 15 is 0 Å². The number of rotatable bonds is 20. The van der Waals surface area contributed by atoms with Crippen molar-refractivity contribution in [2.24, 2.45) is 0 Å². The quantitative estimate of drug-likeness (QED) is 0.0771. The molecule has 2 aromatic rings. The van der Waals surface area contributed by atoms with E-state index in [1.54, 1.807) is 31.2 Å². The summed E-state index contributed by atoms with van der Waals surface area (Å²) in [4.78, 5) is 25.3. The van der Waals surface area contributed by atoms with Crippen molar-refractivity contribution in [3.8, 4) is 5.75 Å². The highest BCUT2D eigenvalue weighted by atomic mass is 16.3. The van der Waals surface area contributed by atoms with Crippen molar-refractivity contribution in [1.82, 2.24) is 5.32 Å². The number of benzene rings is 2. The number of hydrogen-bond donors (Lipinski definition) is 4. The van der Waals surface area contributed by atoms with Crippen LogP contribution in [0.25, 0.3) is 0 Å². The van der Waals surface area contributed by atoms with Crippen molar-refractivity contribution in [1.29, 1.82) is 0 Å². The molecular weight excluding hydrogens is 486 g/mol. The van der Waals surface area contributed by atoms with Crippen molar-refractivity contribution in [3.05, 3.63) is 53.1 Å². The van der Waals surface area contributed by atoms with Gasteiger partial charge in [-0.05, 0) is 55.3 Å². The highest BCUT2D eigenvalue weighted by molar-refractivity contribution is 6.08. The first-order chi connectivity index (χ1) is 18.9. The van der Waals surface area contributed by atoms with Gasteiger partial charge in [-0.2, -0.15) is 0 Å². The number of carbonyl (C=O) groups is 2. The summed E-state index contributed by atoms with van der Waals surface area (Å²) >= 11 is 0. The summed E-state index contributed by atoms with van der Waals surface area (Å²) in [5, 5.41) is 15.1. The van der Waals surface area contributed by atoms with Gasteiger partial charge in [0, 0.05) is 23.5 Å². The molecule has 0 unspecified atom stereocenters. The van der Waals surface area contributed by atoms with Crippen molar-refractivity contribution in [3.63, 3.8) is 0 Å². The van der Waals surface area contributed by atoms with E-state index < -0.39 is 0 Å². The maximum atomic E-state index is 12.7. The normalized spacial score (nSPS) is 10.9. The Labute approximate surface area is 236 Å². The van der Waals surface area contributed by atoms with Gasteiger partial charge in [0.2, 0.25) is 0 Å². The van der Waals surface area contributed by atoms with Gasteiger partial charge in [-0.1, -0.05) is 103 Å². The van der Waals surface area contributed by atoms with Crippen LogP contribution in [0.5, 0.6) is 5.75 Å². The van der Waals surface area contributed by atoms with Gasteiger partial charge in [-0.3, -0.25) is 9.59 Å². The number of phenolic OH excluding ortho intramolecular Hbond substituents is 1. The Morgan fingerprint density at radius 1 is 0.667 bits per heavy atom. The van der Waals surface area contributed by atoms with E-state index in [1.165, 1.54) is 102 Å². The van der Waals surface area contributed by atoms with Gasteiger partial charge < -0.3 is 21.5 Å². The van der Waals surface area contributed by atoms with Crippen LogP contribution >= 0.6 is 0 Å². The van der Waals surface area contributed by atoms with E-state index in [0.29, 0.717) is 34.6 Å². The molecule has 0 radical (unpaired) electrons. The van der Waals surface area contributed by atoms with Gasteiger partial charge in [0.25, 0.3) is 11.8 Å². The number of nitrogens with two attached hydrogens (primary N) is 1. The standard InChI is InChI=1S/C33H51N3O3/c1-3-4-5-6-7-8-9-10-11-12-13-14-15-16-17-18-25-35-32(38)30-24-23-29(26(2)31(30)34)33(39)36-27-19-21-28(37)22-20-27/h19-24,37H,3-18,25,34H2,1-2H3,(H,35,38)(H,36,39). The van der Waals surface area contributed by atoms with E-state index in [0.717, 1.165) is 12.8 Å². The van der Waals surface area contributed by atoms with Crippen molar-refractivity contribution >= 4 is 23.2 Å². The fourth-order valence-electron chi connectivity index (χ4n) is 4.89. The molecule has 2 amide bonds. The number of nitrogen functional groups attached to an aromatic ring is 1. The molecule has 0 spiro atoms. The molecule has 0 bridgehead atoms. The number of amides is 2. The fraction of sp³-hybridized carbons (Fsp3) is 0.576. The second kappa shape index (κ2) is 19.1.